The summed E-state index contributed by atoms with van der Waals surface area (Å²) in [4.78, 5) is 12.2. The largest absolute Gasteiger partial charge is 0.492 e. The number of hydrogen-bond acceptors (Lipinski definition) is 3. The lowest BCUT2D eigenvalue weighted by atomic mass is 10.1. The fourth-order valence-corrected chi connectivity index (χ4v) is 2.29. The summed E-state index contributed by atoms with van der Waals surface area (Å²) in [6, 6.07) is 10.1. The van der Waals surface area contributed by atoms with Gasteiger partial charge < -0.3 is 15.8 Å². The number of amides is 1. The van der Waals surface area contributed by atoms with Crippen LogP contribution in [0.15, 0.2) is 40.9 Å². The molecule has 0 aliphatic carbocycles. The van der Waals surface area contributed by atoms with E-state index in [1.54, 1.807) is 36.4 Å². The van der Waals surface area contributed by atoms with Crippen molar-refractivity contribution < 1.29 is 9.53 Å². The number of nitrogens with one attached hydrogen (secondary N) is 1. The molecule has 0 unspecified atom stereocenters. The second-order valence-electron chi connectivity index (χ2n) is 4.26. The SMILES string of the molecule is CCOc1ccc(C(=O)Nc2cc(Br)ccc2Cl)cc1N. The topological polar surface area (TPSA) is 64.3 Å². The van der Waals surface area contributed by atoms with E-state index in [4.69, 9.17) is 22.1 Å². The Morgan fingerprint density at radius 2 is 2.10 bits per heavy atom. The molecule has 1 amide bonds. The van der Waals surface area contributed by atoms with Gasteiger partial charge in [-0.2, -0.15) is 0 Å². The Labute approximate surface area is 136 Å². The minimum atomic E-state index is -0.287. The Morgan fingerprint density at radius 1 is 1.33 bits per heavy atom. The van der Waals surface area contributed by atoms with Crippen LogP contribution in [0.5, 0.6) is 5.75 Å². The summed E-state index contributed by atoms with van der Waals surface area (Å²) in [5, 5.41) is 3.21. The highest BCUT2D eigenvalue weighted by Gasteiger charge is 2.11. The predicted molar refractivity (Wildman–Crippen MR) is 89.1 cm³/mol. The maximum absolute atomic E-state index is 12.2. The second kappa shape index (κ2) is 6.83. The van der Waals surface area contributed by atoms with Gasteiger partial charge in [-0.15, -0.1) is 0 Å². The fraction of sp³-hybridized carbons (Fsp3) is 0.133. The van der Waals surface area contributed by atoms with Crippen molar-refractivity contribution >= 4 is 44.8 Å². The molecule has 0 atom stereocenters. The molecular weight excluding hydrogens is 356 g/mol. The van der Waals surface area contributed by atoms with Crippen LogP contribution in [0.2, 0.25) is 5.02 Å². The Hall–Kier alpha value is -1.72. The Kier molecular flexibility index (Phi) is 5.09. The van der Waals surface area contributed by atoms with E-state index < -0.39 is 0 Å². The summed E-state index contributed by atoms with van der Waals surface area (Å²) in [6.07, 6.45) is 0. The number of anilines is 2. The molecule has 0 fully saturated rings. The van der Waals surface area contributed by atoms with E-state index in [9.17, 15) is 4.79 Å². The van der Waals surface area contributed by atoms with E-state index in [1.165, 1.54) is 0 Å². The van der Waals surface area contributed by atoms with E-state index in [-0.39, 0.29) is 5.91 Å². The first-order valence-corrected chi connectivity index (χ1v) is 7.47. The number of halogens is 2. The Bertz CT molecular complexity index is 677. The van der Waals surface area contributed by atoms with Crippen molar-refractivity contribution in [3.05, 3.63) is 51.5 Å². The molecule has 6 heteroatoms. The molecule has 3 N–H and O–H groups in total. The average molecular weight is 370 g/mol. The highest BCUT2D eigenvalue weighted by molar-refractivity contribution is 9.10. The molecule has 21 heavy (non-hydrogen) atoms. The van der Waals surface area contributed by atoms with Crippen LogP contribution in [0.1, 0.15) is 17.3 Å². The van der Waals surface area contributed by atoms with Crippen molar-refractivity contribution in [1.29, 1.82) is 0 Å². The lowest BCUT2D eigenvalue weighted by Gasteiger charge is -2.10. The summed E-state index contributed by atoms with van der Waals surface area (Å²) in [5.74, 6) is 0.277. The first-order valence-electron chi connectivity index (χ1n) is 6.30. The predicted octanol–water partition coefficient (Wildman–Crippen LogP) is 4.34. The molecule has 0 aromatic heterocycles. The number of nitrogen functional groups attached to an aromatic ring is 1. The van der Waals surface area contributed by atoms with E-state index >= 15 is 0 Å². The molecule has 0 bridgehead atoms. The molecule has 0 saturated carbocycles. The summed E-state index contributed by atoms with van der Waals surface area (Å²) in [6.45, 7) is 2.39. The van der Waals surface area contributed by atoms with E-state index in [2.05, 4.69) is 21.2 Å². The van der Waals surface area contributed by atoms with Crippen LogP contribution in [0.25, 0.3) is 0 Å². The number of nitrogens with two attached hydrogens (primary N) is 1. The van der Waals surface area contributed by atoms with Gasteiger partial charge in [0.15, 0.2) is 0 Å². The van der Waals surface area contributed by atoms with Crippen LogP contribution in [-0.2, 0) is 0 Å². The molecule has 2 rings (SSSR count). The number of carbonyl (C=O) groups is 1. The highest BCUT2D eigenvalue weighted by atomic mass is 79.9. The normalized spacial score (nSPS) is 10.2. The number of hydrogen-bond donors (Lipinski definition) is 2. The van der Waals surface area contributed by atoms with Crippen molar-refractivity contribution in [2.45, 2.75) is 6.92 Å². The second-order valence-corrected chi connectivity index (χ2v) is 5.59. The van der Waals surface area contributed by atoms with Crippen LogP contribution in [0.3, 0.4) is 0 Å². The fourth-order valence-electron chi connectivity index (χ4n) is 1.76. The van der Waals surface area contributed by atoms with Gasteiger partial charge in [0.25, 0.3) is 5.91 Å². The third-order valence-corrected chi connectivity index (χ3v) is 3.57. The molecule has 0 heterocycles. The lowest BCUT2D eigenvalue weighted by Crippen LogP contribution is -2.13. The third-order valence-electron chi connectivity index (χ3n) is 2.75. The van der Waals surface area contributed by atoms with Crippen molar-refractivity contribution in [1.82, 2.24) is 0 Å². The zero-order chi connectivity index (χ0) is 15.4. The molecule has 0 aliphatic heterocycles. The number of rotatable bonds is 4. The zero-order valence-electron chi connectivity index (χ0n) is 11.3. The van der Waals surface area contributed by atoms with Gasteiger partial charge in [-0.25, -0.2) is 0 Å². The Morgan fingerprint density at radius 3 is 2.76 bits per heavy atom. The summed E-state index contributed by atoms with van der Waals surface area (Å²) >= 11 is 9.38. The molecule has 2 aromatic carbocycles. The van der Waals surface area contributed by atoms with Crippen LogP contribution in [0.4, 0.5) is 11.4 Å². The Balaban J connectivity index is 2.20. The van der Waals surface area contributed by atoms with Crippen LogP contribution in [0, 0.1) is 0 Å². The third kappa shape index (κ3) is 3.89. The average Bonchev–Trinajstić information content (AvgIpc) is 2.45. The van der Waals surface area contributed by atoms with E-state index in [1.807, 2.05) is 6.92 Å². The van der Waals surface area contributed by atoms with E-state index in [0.29, 0.717) is 34.3 Å². The molecule has 110 valence electrons. The van der Waals surface area contributed by atoms with Gasteiger partial charge in [0.2, 0.25) is 0 Å². The van der Waals surface area contributed by atoms with E-state index in [0.717, 1.165) is 4.47 Å². The number of benzene rings is 2. The molecule has 0 spiro atoms. The van der Waals surface area contributed by atoms with Gasteiger partial charge in [-0.1, -0.05) is 27.5 Å². The lowest BCUT2D eigenvalue weighted by molar-refractivity contribution is 0.102. The maximum atomic E-state index is 12.2. The van der Waals surface area contributed by atoms with Crippen LogP contribution < -0.4 is 15.8 Å². The summed E-state index contributed by atoms with van der Waals surface area (Å²) < 4.78 is 6.17. The van der Waals surface area contributed by atoms with Crippen LogP contribution >= 0.6 is 27.5 Å². The van der Waals surface area contributed by atoms with Crippen molar-refractivity contribution in [2.24, 2.45) is 0 Å². The highest BCUT2D eigenvalue weighted by Crippen LogP contribution is 2.27. The minimum absolute atomic E-state index is 0.287. The molecule has 2 aromatic rings. The van der Waals surface area contributed by atoms with Gasteiger partial charge in [-0.05, 0) is 43.3 Å². The van der Waals surface area contributed by atoms with Crippen molar-refractivity contribution in [3.8, 4) is 5.75 Å². The minimum Gasteiger partial charge on any atom is -0.492 e. The van der Waals surface area contributed by atoms with Crippen molar-refractivity contribution in [2.75, 3.05) is 17.7 Å². The molecule has 4 nitrogen and oxygen atoms in total. The standard InChI is InChI=1S/C15H14BrClN2O2/c1-2-21-14-6-3-9(7-12(14)18)15(20)19-13-8-10(16)4-5-11(13)17/h3-8H,2,18H2,1H3,(H,19,20). The molecule has 0 aliphatic rings. The van der Waals surface area contributed by atoms with Crippen molar-refractivity contribution in [3.63, 3.8) is 0 Å². The summed E-state index contributed by atoms with van der Waals surface area (Å²) in [5.41, 5.74) is 7.24. The first kappa shape index (κ1) is 15.7. The maximum Gasteiger partial charge on any atom is 0.255 e. The zero-order valence-corrected chi connectivity index (χ0v) is 13.7. The molecule has 0 radical (unpaired) electrons. The van der Waals surface area contributed by atoms with Gasteiger partial charge in [0.1, 0.15) is 5.75 Å². The number of ether oxygens (including phenoxy) is 1. The summed E-state index contributed by atoms with van der Waals surface area (Å²) in [7, 11) is 0. The van der Waals surface area contributed by atoms with Gasteiger partial charge in [-0.3, -0.25) is 4.79 Å². The molecular formula is C15H14BrClN2O2. The monoisotopic (exact) mass is 368 g/mol. The smallest absolute Gasteiger partial charge is 0.255 e. The quantitative estimate of drug-likeness (QED) is 0.788. The van der Waals surface area contributed by atoms with Gasteiger partial charge in [0, 0.05) is 10.0 Å². The van der Waals surface area contributed by atoms with Gasteiger partial charge in [0.05, 0.1) is 23.0 Å². The number of carbonyl (C=O) groups excluding carboxylic acids is 1. The van der Waals surface area contributed by atoms with Gasteiger partial charge >= 0.3 is 0 Å². The molecule has 0 saturated heterocycles. The van der Waals surface area contributed by atoms with Crippen LogP contribution in [-0.4, -0.2) is 12.5 Å². The first-order chi connectivity index (χ1) is 10.0.